The van der Waals surface area contributed by atoms with Gasteiger partial charge in [0.1, 0.15) is 18.0 Å². The van der Waals surface area contributed by atoms with Gasteiger partial charge in [0.15, 0.2) is 0 Å². The molecule has 8 nitrogen and oxygen atoms in total. The molecule has 1 aromatic heterocycles. The third-order valence-electron chi connectivity index (χ3n) is 5.79. The van der Waals surface area contributed by atoms with Crippen LogP contribution in [0, 0.1) is 0 Å². The lowest BCUT2D eigenvalue weighted by atomic mass is 10.1. The molecule has 2 amide bonds. The highest BCUT2D eigenvalue weighted by atomic mass is 16.2. The molecule has 0 saturated carbocycles. The highest BCUT2D eigenvalue weighted by molar-refractivity contribution is 6.35. The average Bonchev–Trinajstić information content (AvgIpc) is 3.28. The molecule has 4 rings (SSSR count). The van der Waals surface area contributed by atoms with Gasteiger partial charge in [-0.15, -0.1) is 0 Å². The summed E-state index contributed by atoms with van der Waals surface area (Å²) in [7, 11) is 0. The molecule has 0 spiro atoms. The van der Waals surface area contributed by atoms with Crippen LogP contribution >= 0.6 is 0 Å². The van der Waals surface area contributed by atoms with E-state index in [-0.39, 0.29) is 11.8 Å². The van der Waals surface area contributed by atoms with Crippen molar-refractivity contribution in [2.75, 3.05) is 62.2 Å². The fourth-order valence-corrected chi connectivity index (χ4v) is 4.14. The van der Waals surface area contributed by atoms with Crippen LogP contribution in [0.5, 0.6) is 0 Å². The van der Waals surface area contributed by atoms with Crippen molar-refractivity contribution in [2.24, 2.45) is 0 Å². The van der Waals surface area contributed by atoms with Gasteiger partial charge in [-0.05, 0) is 32.1 Å². The SMILES string of the molecule is O=C(C(=O)N1CCN(c2cc(N3CCCCC3)ncn2)CC1)N1CCCC1. The molecule has 0 bridgehead atoms. The number of hydrogen-bond acceptors (Lipinski definition) is 6. The molecule has 3 aliphatic heterocycles. The van der Waals surface area contributed by atoms with E-state index in [0.29, 0.717) is 39.3 Å². The highest BCUT2D eigenvalue weighted by Gasteiger charge is 2.31. The summed E-state index contributed by atoms with van der Waals surface area (Å²) in [6.07, 6.45) is 7.35. The number of aromatic nitrogens is 2. The van der Waals surface area contributed by atoms with Crippen LogP contribution < -0.4 is 9.80 Å². The van der Waals surface area contributed by atoms with Crippen molar-refractivity contribution in [3.63, 3.8) is 0 Å². The summed E-state index contributed by atoms with van der Waals surface area (Å²) in [5.74, 6) is 1.20. The lowest BCUT2D eigenvalue weighted by molar-refractivity contribution is -0.151. The molecule has 8 heteroatoms. The summed E-state index contributed by atoms with van der Waals surface area (Å²) in [5, 5.41) is 0. The Morgan fingerprint density at radius 2 is 1.11 bits per heavy atom. The van der Waals surface area contributed by atoms with Gasteiger partial charge in [-0.3, -0.25) is 9.59 Å². The number of rotatable bonds is 2. The number of anilines is 2. The number of piperidine rings is 1. The van der Waals surface area contributed by atoms with E-state index in [1.165, 1.54) is 19.3 Å². The van der Waals surface area contributed by atoms with E-state index in [4.69, 9.17) is 0 Å². The first-order chi connectivity index (χ1) is 13.2. The summed E-state index contributed by atoms with van der Waals surface area (Å²) in [6, 6.07) is 2.05. The first-order valence-electron chi connectivity index (χ1n) is 10.1. The van der Waals surface area contributed by atoms with Crippen molar-refractivity contribution < 1.29 is 9.59 Å². The van der Waals surface area contributed by atoms with Gasteiger partial charge >= 0.3 is 11.8 Å². The van der Waals surface area contributed by atoms with Crippen LogP contribution in [0.25, 0.3) is 0 Å². The molecule has 1 aromatic rings. The molecule has 3 aliphatic rings. The summed E-state index contributed by atoms with van der Waals surface area (Å²) < 4.78 is 0. The Bertz CT molecular complexity index is 677. The average molecular weight is 372 g/mol. The van der Waals surface area contributed by atoms with Gasteiger partial charge in [0, 0.05) is 58.4 Å². The molecular weight excluding hydrogens is 344 g/mol. The zero-order chi connectivity index (χ0) is 18.6. The third kappa shape index (κ3) is 3.99. The second-order valence-corrected chi connectivity index (χ2v) is 7.56. The van der Waals surface area contributed by atoms with Crippen molar-refractivity contribution >= 4 is 23.5 Å². The molecule has 3 fully saturated rings. The molecule has 4 heterocycles. The summed E-state index contributed by atoms with van der Waals surface area (Å²) >= 11 is 0. The van der Waals surface area contributed by atoms with Gasteiger partial charge in [0.05, 0.1) is 0 Å². The van der Waals surface area contributed by atoms with Crippen molar-refractivity contribution in [1.82, 2.24) is 19.8 Å². The molecule has 0 aliphatic carbocycles. The van der Waals surface area contributed by atoms with E-state index in [1.807, 2.05) is 0 Å². The number of hydrogen-bond donors (Lipinski definition) is 0. The lowest BCUT2D eigenvalue weighted by Gasteiger charge is -2.36. The Balaban J connectivity index is 1.35. The number of piperazine rings is 1. The Morgan fingerprint density at radius 1 is 0.630 bits per heavy atom. The fraction of sp³-hybridized carbons (Fsp3) is 0.684. The summed E-state index contributed by atoms with van der Waals surface area (Å²) in [5.41, 5.74) is 0. The maximum atomic E-state index is 12.5. The van der Waals surface area contributed by atoms with Crippen molar-refractivity contribution in [1.29, 1.82) is 0 Å². The predicted octanol–water partition coefficient (Wildman–Crippen LogP) is 0.738. The smallest absolute Gasteiger partial charge is 0.312 e. The number of nitrogens with zero attached hydrogens (tertiary/aromatic N) is 6. The van der Waals surface area contributed by atoms with Crippen molar-refractivity contribution in [3.8, 4) is 0 Å². The molecule has 0 unspecified atom stereocenters. The molecule has 0 atom stereocenters. The fourth-order valence-electron chi connectivity index (χ4n) is 4.14. The lowest BCUT2D eigenvalue weighted by Crippen LogP contribution is -2.53. The minimum absolute atomic E-state index is 0.338. The third-order valence-corrected chi connectivity index (χ3v) is 5.79. The Kier molecular flexibility index (Phi) is 5.40. The Labute approximate surface area is 160 Å². The molecule has 3 saturated heterocycles. The number of carbonyl (C=O) groups is 2. The van der Waals surface area contributed by atoms with Gasteiger partial charge < -0.3 is 19.6 Å². The molecule has 27 heavy (non-hydrogen) atoms. The minimum atomic E-state index is -0.353. The zero-order valence-corrected chi connectivity index (χ0v) is 15.8. The molecule has 0 radical (unpaired) electrons. The molecule has 146 valence electrons. The summed E-state index contributed by atoms with van der Waals surface area (Å²) in [4.78, 5) is 41.5. The van der Waals surface area contributed by atoms with Crippen LogP contribution in [0.15, 0.2) is 12.4 Å². The van der Waals surface area contributed by atoms with E-state index < -0.39 is 0 Å². The van der Waals surface area contributed by atoms with Gasteiger partial charge in [-0.25, -0.2) is 9.97 Å². The van der Waals surface area contributed by atoms with Crippen LogP contribution in [-0.4, -0.2) is 83.9 Å². The van der Waals surface area contributed by atoms with E-state index in [0.717, 1.165) is 37.6 Å². The number of likely N-dealkylation sites (tertiary alicyclic amines) is 1. The maximum Gasteiger partial charge on any atom is 0.312 e. The normalized spacial score (nSPS) is 20.9. The Morgan fingerprint density at radius 3 is 1.70 bits per heavy atom. The molecular formula is C19H28N6O2. The van der Waals surface area contributed by atoms with E-state index in [2.05, 4.69) is 25.8 Å². The van der Waals surface area contributed by atoms with Gasteiger partial charge in [-0.1, -0.05) is 0 Å². The van der Waals surface area contributed by atoms with E-state index >= 15 is 0 Å². The first-order valence-corrected chi connectivity index (χ1v) is 10.1. The standard InChI is InChI=1S/C19H28N6O2/c26-18(24-8-4-5-9-24)19(27)25-12-10-23(11-13-25)17-14-16(20-15-21-17)22-6-2-1-3-7-22/h14-15H,1-13H2. The van der Waals surface area contributed by atoms with Gasteiger partial charge in [0.2, 0.25) is 0 Å². The van der Waals surface area contributed by atoms with Crippen molar-refractivity contribution in [3.05, 3.63) is 12.4 Å². The monoisotopic (exact) mass is 372 g/mol. The Hall–Kier alpha value is -2.38. The van der Waals surface area contributed by atoms with Crippen molar-refractivity contribution in [2.45, 2.75) is 32.1 Å². The van der Waals surface area contributed by atoms with Gasteiger partial charge in [-0.2, -0.15) is 0 Å². The van der Waals surface area contributed by atoms with Crippen LogP contribution in [0.2, 0.25) is 0 Å². The zero-order valence-electron chi connectivity index (χ0n) is 15.8. The van der Waals surface area contributed by atoms with Crippen LogP contribution in [0.4, 0.5) is 11.6 Å². The second-order valence-electron chi connectivity index (χ2n) is 7.56. The quantitative estimate of drug-likeness (QED) is 0.713. The van der Waals surface area contributed by atoms with Crippen LogP contribution in [0.1, 0.15) is 32.1 Å². The first kappa shape index (κ1) is 18.0. The minimum Gasteiger partial charge on any atom is -0.356 e. The second kappa shape index (κ2) is 8.10. The highest BCUT2D eigenvalue weighted by Crippen LogP contribution is 2.22. The molecule has 0 aromatic carbocycles. The molecule has 0 N–H and O–H groups in total. The largest absolute Gasteiger partial charge is 0.356 e. The number of amides is 2. The van der Waals surface area contributed by atoms with Gasteiger partial charge in [0.25, 0.3) is 0 Å². The topological polar surface area (TPSA) is 72.9 Å². The van der Waals surface area contributed by atoms with E-state index in [1.54, 1.807) is 16.1 Å². The summed E-state index contributed by atoms with van der Waals surface area (Å²) in [6.45, 7) is 6.03. The van der Waals surface area contributed by atoms with Crippen LogP contribution in [0.3, 0.4) is 0 Å². The number of carbonyl (C=O) groups excluding carboxylic acids is 2. The van der Waals surface area contributed by atoms with Crippen LogP contribution in [-0.2, 0) is 9.59 Å². The maximum absolute atomic E-state index is 12.5. The van der Waals surface area contributed by atoms with E-state index in [9.17, 15) is 9.59 Å². The predicted molar refractivity (Wildman–Crippen MR) is 103 cm³/mol.